The number of aromatic nitrogens is 2. The van der Waals surface area contributed by atoms with Crippen molar-refractivity contribution < 1.29 is 0 Å². The van der Waals surface area contributed by atoms with Crippen LogP contribution in [0.25, 0.3) is 0 Å². The lowest BCUT2D eigenvalue weighted by Crippen LogP contribution is -2.06. The molecule has 1 fully saturated rings. The fourth-order valence-corrected chi connectivity index (χ4v) is 2.47. The molecule has 2 nitrogen and oxygen atoms in total. The first-order valence-electron chi connectivity index (χ1n) is 4.99. The normalized spacial score (nSPS) is 28.1. The minimum absolute atomic E-state index is 0.845. The van der Waals surface area contributed by atoms with Gasteiger partial charge in [-0.15, -0.1) is 0 Å². The number of nitrogens with one attached hydrogen (secondary N) is 1. The molecule has 1 aromatic rings. The van der Waals surface area contributed by atoms with Gasteiger partial charge in [0.2, 0.25) is 0 Å². The number of imidazole rings is 1. The van der Waals surface area contributed by atoms with E-state index in [9.17, 15) is 0 Å². The van der Waals surface area contributed by atoms with Gasteiger partial charge in [-0.2, -0.15) is 0 Å². The van der Waals surface area contributed by atoms with Crippen molar-refractivity contribution in [1.82, 2.24) is 9.55 Å². The molecule has 1 N–H and O–H groups in total. The summed E-state index contributed by atoms with van der Waals surface area (Å²) in [6.45, 7) is 3.45. The van der Waals surface area contributed by atoms with Crippen LogP contribution in [0.2, 0.25) is 0 Å². The van der Waals surface area contributed by atoms with E-state index in [-0.39, 0.29) is 0 Å². The van der Waals surface area contributed by atoms with Crippen LogP contribution in [0, 0.1) is 16.6 Å². The van der Waals surface area contributed by atoms with Gasteiger partial charge in [-0.1, -0.05) is 13.3 Å². The van der Waals surface area contributed by atoms with E-state index in [0.717, 1.165) is 23.2 Å². The van der Waals surface area contributed by atoms with Crippen molar-refractivity contribution in [2.24, 2.45) is 11.8 Å². The van der Waals surface area contributed by atoms with Crippen molar-refractivity contribution in [3.05, 3.63) is 17.2 Å². The van der Waals surface area contributed by atoms with Crippen LogP contribution in [0.1, 0.15) is 26.2 Å². The van der Waals surface area contributed by atoms with Crippen molar-refractivity contribution in [1.29, 1.82) is 0 Å². The molecule has 0 saturated heterocycles. The second-order valence-electron chi connectivity index (χ2n) is 4.20. The van der Waals surface area contributed by atoms with E-state index in [1.165, 1.54) is 19.3 Å². The molecule has 0 spiro atoms. The fraction of sp³-hybridized carbons (Fsp3) is 0.700. The lowest BCUT2D eigenvalue weighted by atomic mass is 10.1. The standard InChI is InChI=1S/C10H16N2S/c1-8-2-3-9(6-8)7-12-5-4-11-10(12)13/h4-5,8-9H,2-3,6-7H2,1H3,(H,11,13). The van der Waals surface area contributed by atoms with Crippen LogP contribution in [-0.4, -0.2) is 9.55 Å². The van der Waals surface area contributed by atoms with Gasteiger partial charge in [-0.3, -0.25) is 0 Å². The molecular formula is C10H16N2S. The Bertz CT molecular complexity index is 326. The Kier molecular flexibility index (Phi) is 2.54. The highest BCUT2D eigenvalue weighted by atomic mass is 32.1. The third-order valence-corrected chi connectivity index (χ3v) is 3.33. The first-order valence-corrected chi connectivity index (χ1v) is 5.40. The summed E-state index contributed by atoms with van der Waals surface area (Å²) in [5.41, 5.74) is 0. The zero-order valence-electron chi connectivity index (χ0n) is 7.99. The maximum Gasteiger partial charge on any atom is 0.177 e. The Hall–Kier alpha value is -0.570. The molecule has 1 aromatic heterocycles. The predicted molar refractivity (Wildman–Crippen MR) is 56.1 cm³/mol. The molecule has 2 unspecified atom stereocenters. The molecule has 0 amide bonds. The average Bonchev–Trinajstić information content (AvgIpc) is 2.64. The van der Waals surface area contributed by atoms with Gasteiger partial charge in [-0.25, -0.2) is 0 Å². The van der Waals surface area contributed by atoms with Crippen molar-refractivity contribution in [2.75, 3.05) is 0 Å². The van der Waals surface area contributed by atoms with Gasteiger partial charge in [0.1, 0.15) is 0 Å². The van der Waals surface area contributed by atoms with E-state index in [4.69, 9.17) is 12.2 Å². The minimum Gasteiger partial charge on any atom is -0.337 e. The monoisotopic (exact) mass is 196 g/mol. The Balaban J connectivity index is 1.99. The molecule has 0 bridgehead atoms. The number of hydrogen-bond donors (Lipinski definition) is 1. The highest BCUT2D eigenvalue weighted by Crippen LogP contribution is 2.31. The van der Waals surface area contributed by atoms with Crippen molar-refractivity contribution in [2.45, 2.75) is 32.7 Å². The lowest BCUT2D eigenvalue weighted by Gasteiger charge is -2.09. The number of aromatic amines is 1. The van der Waals surface area contributed by atoms with Crippen LogP contribution in [0.5, 0.6) is 0 Å². The number of rotatable bonds is 2. The number of nitrogens with zero attached hydrogens (tertiary/aromatic N) is 1. The highest BCUT2D eigenvalue weighted by Gasteiger charge is 2.21. The Morgan fingerprint density at radius 1 is 1.62 bits per heavy atom. The number of H-pyrrole nitrogens is 1. The number of hydrogen-bond acceptors (Lipinski definition) is 1. The fourth-order valence-electron chi connectivity index (χ4n) is 2.26. The molecule has 3 heteroatoms. The average molecular weight is 196 g/mol. The summed E-state index contributed by atoms with van der Waals surface area (Å²) < 4.78 is 3.01. The first-order chi connectivity index (χ1) is 6.25. The van der Waals surface area contributed by atoms with Gasteiger partial charge >= 0.3 is 0 Å². The summed E-state index contributed by atoms with van der Waals surface area (Å²) in [6, 6.07) is 0. The summed E-state index contributed by atoms with van der Waals surface area (Å²) in [5, 5.41) is 0. The minimum atomic E-state index is 0.845. The SMILES string of the molecule is CC1CCC(Cn2cc[nH]c2=S)C1. The van der Waals surface area contributed by atoms with Gasteiger partial charge in [0.05, 0.1) is 0 Å². The largest absolute Gasteiger partial charge is 0.337 e. The highest BCUT2D eigenvalue weighted by molar-refractivity contribution is 7.71. The van der Waals surface area contributed by atoms with E-state index in [1.807, 2.05) is 12.4 Å². The van der Waals surface area contributed by atoms with Gasteiger partial charge < -0.3 is 9.55 Å². The van der Waals surface area contributed by atoms with E-state index in [0.29, 0.717) is 0 Å². The van der Waals surface area contributed by atoms with Gasteiger partial charge in [0.25, 0.3) is 0 Å². The molecule has 0 aromatic carbocycles. The molecule has 0 aliphatic heterocycles. The zero-order chi connectivity index (χ0) is 9.26. The molecule has 1 saturated carbocycles. The zero-order valence-corrected chi connectivity index (χ0v) is 8.81. The van der Waals surface area contributed by atoms with E-state index in [2.05, 4.69) is 16.5 Å². The van der Waals surface area contributed by atoms with E-state index in [1.54, 1.807) is 0 Å². The van der Waals surface area contributed by atoms with Crippen molar-refractivity contribution >= 4 is 12.2 Å². The molecule has 72 valence electrons. The van der Waals surface area contributed by atoms with Crippen LogP contribution in [-0.2, 0) is 6.54 Å². The van der Waals surface area contributed by atoms with E-state index < -0.39 is 0 Å². The molecule has 2 rings (SSSR count). The summed E-state index contributed by atoms with van der Waals surface area (Å²) in [7, 11) is 0. The van der Waals surface area contributed by atoms with Crippen molar-refractivity contribution in [3.63, 3.8) is 0 Å². The first kappa shape index (κ1) is 9.00. The second kappa shape index (κ2) is 3.66. The van der Waals surface area contributed by atoms with Gasteiger partial charge in [0, 0.05) is 18.9 Å². The Morgan fingerprint density at radius 2 is 2.46 bits per heavy atom. The van der Waals surface area contributed by atoms with Crippen LogP contribution in [0.15, 0.2) is 12.4 Å². The second-order valence-corrected chi connectivity index (χ2v) is 4.59. The molecule has 1 aliphatic carbocycles. The van der Waals surface area contributed by atoms with Crippen LogP contribution in [0.4, 0.5) is 0 Å². The molecule has 1 heterocycles. The van der Waals surface area contributed by atoms with Crippen LogP contribution in [0.3, 0.4) is 0 Å². The van der Waals surface area contributed by atoms with Crippen molar-refractivity contribution in [3.8, 4) is 0 Å². The van der Waals surface area contributed by atoms with Gasteiger partial charge in [0.15, 0.2) is 4.77 Å². The smallest absolute Gasteiger partial charge is 0.177 e. The summed E-state index contributed by atoms with van der Waals surface area (Å²) in [5.74, 6) is 1.76. The maximum atomic E-state index is 5.16. The maximum absolute atomic E-state index is 5.16. The lowest BCUT2D eigenvalue weighted by molar-refractivity contribution is 0.438. The third kappa shape index (κ3) is 2.02. The Labute approximate surface area is 84.0 Å². The summed E-state index contributed by atoms with van der Waals surface area (Å²) in [4.78, 5) is 3.03. The molecular weight excluding hydrogens is 180 g/mol. The summed E-state index contributed by atoms with van der Waals surface area (Å²) in [6.07, 6.45) is 8.09. The summed E-state index contributed by atoms with van der Waals surface area (Å²) >= 11 is 5.16. The molecule has 2 atom stereocenters. The molecule has 0 radical (unpaired) electrons. The van der Waals surface area contributed by atoms with E-state index >= 15 is 0 Å². The third-order valence-electron chi connectivity index (χ3n) is 2.98. The molecule has 13 heavy (non-hydrogen) atoms. The van der Waals surface area contributed by atoms with Gasteiger partial charge in [-0.05, 0) is 36.9 Å². The topological polar surface area (TPSA) is 20.7 Å². The van der Waals surface area contributed by atoms with Crippen LogP contribution < -0.4 is 0 Å². The quantitative estimate of drug-likeness (QED) is 0.721. The predicted octanol–water partition coefficient (Wildman–Crippen LogP) is 2.98. The molecule has 1 aliphatic rings. The Morgan fingerprint density at radius 3 is 3.00 bits per heavy atom. The van der Waals surface area contributed by atoms with Crippen LogP contribution >= 0.6 is 12.2 Å².